The van der Waals surface area contributed by atoms with Crippen LogP contribution < -0.4 is 4.74 Å². The van der Waals surface area contributed by atoms with E-state index >= 15 is 0 Å². The number of hydrogen-bond acceptors (Lipinski definition) is 6. The number of amides is 1. The van der Waals surface area contributed by atoms with Crippen molar-refractivity contribution >= 4 is 17.4 Å². The summed E-state index contributed by atoms with van der Waals surface area (Å²) >= 11 is 0. The first-order valence-electron chi connectivity index (χ1n) is 9.89. The Morgan fingerprint density at radius 1 is 1.23 bits per heavy atom. The second-order valence-electron chi connectivity index (χ2n) is 7.47. The summed E-state index contributed by atoms with van der Waals surface area (Å²) in [4.78, 5) is 27.1. The van der Waals surface area contributed by atoms with Crippen molar-refractivity contribution in [1.82, 2.24) is 4.90 Å². The third-order valence-electron chi connectivity index (χ3n) is 5.23. The second-order valence-corrected chi connectivity index (χ2v) is 7.47. The fraction of sp³-hybridized carbons (Fsp3) is 0.391. The highest BCUT2D eigenvalue weighted by Crippen LogP contribution is 2.40. The van der Waals surface area contributed by atoms with Crippen LogP contribution in [0.25, 0.3) is 5.76 Å². The number of methoxy groups -OCH3 is 2. The molecule has 1 aromatic heterocycles. The van der Waals surface area contributed by atoms with Crippen molar-refractivity contribution in [2.45, 2.75) is 32.2 Å². The van der Waals surface area contributed by atoms with Gasteiger partial charge in [-0.15, -0.1) is 0 Å². The van der Waals surface area contributed by atoms with Gasteiger partial charge in [-0.25, -0.2) is 0 Å². The fourth-order valence-corrected chi connectivity index (χ4v) is 3.72. The second kappa shape index (κ2) is 9.17. The first-order valence-corrected chi connectivity index (χ1v) is 9.89. The molecule has 3 rings (SSSR count). The number of aliphatic hydroxyl groups is 1. The maximum absolute atomic E-state index is 12.9. The SMILES string of the molecule is COCCCN1C(=O)C(=O)/C(=C(\O)c2ccc(OC)c(C(C)C)c2)C1c1ccco1. The zero-order valence-electron chi connectivity index (χ0n) is 17.7. The molecule has 7 heteroatoms. The molecular weight excluding hydrogens is 386 g/mol. The van der Waals surface area contributed by atoms with Gasteiger partial charge >= 0.3 is 0 Å². The molecule has 0 radical (unpaired) electrons. The number of furan rings is 1. The summed E-state index contributed by atoms with van der Waals surface area (Å²) in [5.41, 5.74) is 1.36. The zero-order chi connectivity index (χ0) is 21.8. The molecule has 7 nitrogen and oxygen atoms in total. The van der Waals surface area contributed by atoms with Gasteiger partial charge in [0.1, 0.15) is 23.3 Å². The van der Waals surface area contributed by atoms with Gasteiger partial charge in [-0.2, -0.15) is 0 Å². The van der Waals surface area contributed by atoms with Crippen LogP contribution in [0.4, 0.5) is 0 Å². The lowest BCUT2D eigenvalue weighted by Crippen LogP contribution is -2.31. The summed E-state index contributed by atoms with van der Waals surface area (Å²) in [5.74, 6) is -0.353. The fourth-order valence-electron chi connectivity index (χ4n) is 3.72. The van der Waals surface area contributed by atoms with Gasteiger partial charge in [0.2, 0.25) is 0 Å². The molecule has 160 valence electrons. The first kappa shape index (κ1) is 21.6. The summed E-state index contributed by atoms with van der Waals surface area (Å²) in [6.07, 6.45) is 2.04. The normalized spacial score (nSPS) is 18.4. The van der Waals surface area contributed by atoms with Crippen LogP contribution in [0.2, 0.25) is 0 Å². The van der Waals surface area contributed by atoms with Gasteiger partial charge in [0.25, 0.3) is 11.7 Å². The number of nitrogens with zero attached hydrogens (tertiary/aromatic N) is 1. The zero-order valence-corrected chi connectivity index (χ0v) is 17.7. The van der Waals surface area contributed by atoms with Gasteiger partial charge < -0.3 is 23.9 Å². The Hall–Kier alpha value is -3.06. The van der Waals surface area contributed by atoms with Crippen LogP contribution in [0.5, 0.6) is 5.75 Å². The molecular formula is C23H27NO6. The van der Waals surface area contributed by atoms with E-state index in [2.05, 4.69) is 0 Å². The van der Waals surface area contributed by atoms with Crippen molar-refractivity contribution in [3.63, 3.8) is 0 Å². The number of ether oxygens (including phenoxy) is 2. The molecule has 2 aromatic rings. The van der Waals surface area contributed by atoms with Gasteiger partial charge in [-0.1, -0.05) is 13.8 Å². The maximum atomic E-state index is 12.9. The smallest absolute Gasteiger partial charge is 0.295 e. The number of rotatable bonds is 8. The lowest BCUT2D eigenvalue weighted by Gasteiger charge is -2.23. The average Bonchev–Trinajstić information content (AvgIpc) is 3.35. The standard InChI is InChI=1S/C23H27NO6/c1-14(2)16-13-15(8-9-17(16)29-4)21(25)19-20(18-7-5-12-30-18)24(10-6-11-28-3)23(27)22(19)26/h5,7-9,12-14,20,25H,6,10-11H2,1-4H3/b21-19-. The molecule has 0 spiro atoms. The van der Waals surface area contributed by atoms with Crippen molar-refractivity contribution in [3.8, 4) is 5.75 Å². The summed E-state index contributed by atoms with van der Waals surface area (Å²) in [6.45, 7) is 4.78. The summed E-state index contributed by atoms with van der Waals surface area (Å²) in [6, 6.07) is 7.81. The monoisotopic (exact) mass is 413 g/mol. The summed E-state index contributed by atoms with van der Waals surface area (Å²) in [7, 11) is 3.16. The maximum Gasteiger partial charge on any atom is 0.295 e. The Bertz CT molecular complexity index is 945. The summed E-state index contributed by atoms with van der Waals surface area (Å²) in [5, 5.41) is 11.1. The van der Waals surface area contributed by atoms with E-state index in [4.69, 9.17) is 13.9 Å². The Kier molecular flexibility index (Phi) is 6.62. The Morgan fingerprint density at radius 2 is 2.00 bits per heavy atom. The van der Waals surface area contributed by atoms with Gasteiger partial charge in [-0.3, -0.25) is 9.59 Å². The topological polar surface area (TPSA) is 89.2 Å². The van der Waals surface area contributed by atoms with Gasteiger partial charge in [0.05, 0.1) is 18.9 Å². The minimum atomic E-state index is -0.790. The van der Waals surface area contributed by atoms with Crippen molar-refractivity contribution in [3.05, 3.63) is 59.1 Å². The highest BCUT2D eigenvalue weighted by Gasteiger charge is 2.47. The largest absolute Gasteiger partial charge is 0.507 e. The number of hydrogen-bond donors (Lipinski definition) is 1. The highest BCUT2D eigenvalue weighted by atomic mass is 16.5. The summed E-state index contributed by atoms with van der Waals surface area (Å²) < 4.78 is 16.0. The van der Waals surface area contributed by atoms with Crippen molar-refractivity contribution in [1.29, 1.82) is 0 Å². The molecule has 1 N–H and O–H groups in total. The lowest BCUT2D eigenvalue weighted by atomic mass is 9.95. The van der Waals surface area contributed by atoms with E-state index in [9.17, 15) is 14.7 Å². The Labute approximate surface area is 175 Å². The molecule has 1 fully saturated rings. The van der Waals surface area contributed by atoms with Crippen LogP contribution in [0.3, 0.4) is 0 Å². The molecule has 1 saturated heterocycles. The molecule has 1 unspecified atom stereocenters. The van der Waals surface area contributed by atoms with E-state index in [0.29, 0.717) is 36.6 Å². The van der Waals surface area contributed by atoms with Gasteiger partial charge in [0, 0.05) is 25.8 Å². The third kappa shape index (κ3) is 3.98. The molecule has 2 heterocycles. The molecule has 1 aliphatic heterocycles. The van der Waals surface area contributed by atoms with E-state index in [-0.39, 0.29) is 17.3 Å². The van der Waals surface area contributed by atoms with Crippen LogP contribution in [0, 0.1) is 0 Å². The molecule has 1 aliphatic rings. The third-order valence-corrected chi connectivity index (χ3v) is 5.23. The molecule has 0 bridgehead atoms. The van der Waals surface area contributed by atoms with E-state index in [1.165, 1.54) is 11.2 Å². The Balaban J connectivity index is 2.11. The van der Waals surface area contributed by atoms with E-state index in [0.717, 1.165) is 5.56 Å². The molecule has 1 atom stereocenters. The molecule has 0 aliphatic carbocycles. The van der Waals surface area contributed by atoms with Crippen LogP contribution in [-0.4, -0.2) is 49.1 Å². The minimum absolute atomic E-state index is 0.0206. The van der Waals surface area contributed by atoms with Crippen LogP contribution in [-0.2, 0) is 14.3 Å². The number of likely N-dealkylation sites (tertiary alicyclic amines) is 1. The highest BCUT2D eigenvalue weighted by molar-refractivity contribution is 6.46. The molecule has 1 aromatic carbocycles. The predicted octanol–water partition coefficient (Wildman–Crippen LogP) is 3.87. The number of Topliss-reactive ketones (excluding diaryl/α,β-unsaturated/α-hetero) is 1. The number of ketones is 1. The van der Waals surface area contributed by atoms with Crippen LogP contribution >= 0.6 is 0 Å². The Morgan fingerprint density at radius 3 is 2.60 bits per heavy atom. The average molecular weight is 413 g/mol. The number of carbonyl (C=O) groups excluding carboxylic acids is 2. The van der Waals surface area contributed by atoms with E-state index in [1.54, 1.807) is 44.6 Å². The van der Waals surface area contributed by atoms with Crippen molar-refractivity contribution in [2.24, 2.45) is 0 Å². The lowest BCUT2D eigenvalue weighted by molar-refractivity contribution is -0.140. The van der Waals surface area contributed by atoms with Crippen molar-refractivity contribution in [2.75, 3.05) is 27.4 Å². The number of carbonyl (C=O) groups is 2. The number of aliphatic hydroxyl groups excluding tert-OH is 1. The molecule has 1 amide bonds. The van der Waals surface area contributed by atoms with Gasteiger partial charge in [-0.05, 0) is 48.2 Å². The quantitative estimate of drug-likeness (QED) is 0.306. The molecule has 0 saturated carbocycles. The van der Waals surface area contributed by atoms with Crippen molar-refractivity contribution < 1.29 is 28.6 Å². The molecule has 30 heavy (non-hydrogen) atoms. The van der Waals surface area contributed by atoms with Crippen LogP contribution in [0.15, 0.2) is 46.6 Å². The minimum Gasteiger partial charge on any atom is -0.507 e. The van der Waals surface area contributed by atoms with Crippen LogP contribution in [0.1, 0.15) is 49.1 Å². The first-order chi connectivity index (χ1) is 14.4. The van der Waals surface area contributed by atoms with E-state index in [1.807, 2.05) is 13.8 Å². The predicted molar refractivity (Wildman–Crippen MR) is 111 cm³/mol. The van der Waals surface area contributed by atoms with E-state index < -0.39 is 17.7 Å². The van der Waals surface area contributed by atoms with Gasteiger partial charge in [0.15, 0.2) is 0 Å². The number of benzene rings is 1.